The van der Waals surface area contributed by atoms with Gasteiger partial charge in [0.25, 0.3) is 0 Å². The number of amides is 1. The number of hydrogen-bond acceptors (Lipinski definition) is 6. The van der Waals surface area contributed by atoms with Crippen LogP contribution in [0.4, 0.5) is 0 Å². The third-order valence-electron chi connectivity index (χ3n) is 11.9. The second-order valence-corrected chi connectivity index (χ2v) is 13.5. The minimum atomic E-state index is -0.950. The molecule has 5 rings (SSSR count). The van der Waals surface area contributed by atoms with Crippen molar-refractivity contribution in [3.63, 3.8) is 0 Å². The lowest BCUT2D eigenvalue weighted by Crippen LogP contribution is -2.67. The van der Waals surface area contributed by atoms with Crippen molar-refractivity contribution in [2.24, 2.45) is 46.2 Å². The van der Waals surface area contributed by atoms with E-state index in [9.17, 15) is 19.8 Å². The molecule has 0 unspecified atom stereocenters. The smallest absolute Gasteiger partial charge is 0.331 e. The van der Waals surface area contributed by atoms with Crippen molar-refractivity contribution < 1.29 is 24.5 Å². The van der Waals surface area contributed by atoms with Crippen LogP contribution in [0.15, 0.2) is 11.6 Å². The molecule has 5 aliphatic rings. The van der Waals surface area contributed by atoms with Crippen LogP contribution in [-0.4, -0.2) is 64.4 Å². The molecule has 0 bridgehead atoms. The Morgan fingerprint density at radius 1 is 1.14 bits per heavy atom. The molecule has 1 heterocycles. The van der Waals surface area contributed by atoms with Crippen molar-refractivity contribution in [1.82, 2.24) is 4.90 Å². The van der Waals surface area contributed by atoms with Crippen LogP contribution >= 0.6 is 0 Å². The first-order valence-electron chi connectivity index (χ1n) is 14.1. The molecule has 0 aromatic heterocycles. The first-order chi connectivity index (χ1) is 16.8. The van der Waals surface area contributed by atoms with Gasteiger partial charge in [-0.05, 0) is 91.9 Å². The third kappa shape index (κ3) is 3.55. The summed E-state index contributed by atoms with van der Waals surface area (Å²) in [6, 6.07) is -0.271. The number of aliphatic hydroxyl groups excluding tert-OH is 1. The Kier molecular flexibility index (Phi) is 6.40. The van der Waals surface area contributed by atoms with Gasteiger partial charge in [-0.3, -0.25) is 4.79 Å². The van der Waals surface area contributed by atoms with Crippen molar-refractivity contribution in [2.75, 3.05) is 13.7 Å². The number of hydrogen-bond donors (Lipinski definition) is 3. The number of rotatable bonds is 4. The molecule has 1 amide bonds. The number of esters is 1. The van der Waals surface area contributed by atoms with Crippen molar-refractivity contribution >= 4 is 11.9 Å². The Morgan fingerprint density at radius 2 is 1.86 bits per heavy atom. The topological polar surface area (TPSA) is 113 Å². The molecule has 1 aliphatic heterocycles. The molecular weight excluding hydrogens is 456 g/mol. The van der Waals surface area contributed by atoms with Gasteiger partial charge in [0, 0.05) is 24.6 Å². The fraction of sp³-hybridized carbons (Fsp3) is 0.862. The van der Waals surface area contributed by atoms with E-state index >= 15 is 0 Å². The van der Waals surface area contributed by atoms with Crippen LogP contribution in [0.3, 0.4) is 0 Å². The summed E-state index contributed by atoms with van der Waals surface area (Å²) >= 11 is 0. The van der Waals surface area contributed by atoms with Gasteiger partial charge in [0.15, 0.2) is 0 Å². The lowest BCUT2D eigenvalue weighted by molar-refractivity contribution is -0.243. The van der Waals surface area contributed by atoms with E-state index < -0.39 is 23.2 Å². The third-order valence-corrected chi connectivity index (χ3v) is 11.9. The number of carbonyl (C=O) groups is 2. The lowest BCUT2D eigenvalue weighted by Gasteiger charge is -2.65. The van der Waals surface area contributed by atoms with Crippen LogP contribution in [-0.2, 0) is 14.3 Å². The van der Waals surface area contributed by atoms with E-state index in [1.165, 1.54) is 0 Å². The highest BCUT2D eigenvalue weighted by atomic mass is 16.5. The first kappa shape index (κ1) is 26.2. The van der Waals surface area contributed by atoms with Gasteiger partial charge in [-0.15, -0.1) is 0 Å². The molecular formula is C29H46N2O5. The van der Waals surface area contributed by atoms with Gasteiger partial charge in [-0.25, -0.2) is 4.79 Å². The van der Waals surface area contributed by atoms with E-state index in [1.54, 1.807) is 6.08 Å². The zero-order chi connectivity index (χ0) is 26.2. The number of fused-ring (bicyclic) bond motifs is 5. The van der Waals surface area contributed by atoms with Crippen LogP contribution in [0.5, 0.6) is 0 Å². The van der Waals surface area contributed by atoms with Crippen molar-refractivity contribution in [3.8, 4) is 0 Å². The number of cyclic esters (lactones) is 1. The summed E-state index contributed by atoms with van der Waals surface area (Å²) in [6.07, 6.45) is 7.96. The quantitative estimate of drug-likeness (QED) is 0.510. The molecule has 0 saturated heterocycles. The van der Waals surface area contributed by atoms with E-state index in [4.69, 9.17) is 10.5 Å². The van der Waals surface area contributed by atoms with Crippen molar-refractivity contribution in [1.29, 1.82) is 0 Å². The predicted molar refractivity (Wildman–Crippen MR) is 136 cm³/mol. The summed E-state index contributed by atoms with van der Waals surface area (Å²) in [5.41, 5.74) is 5.54. The second-order valence-electron chi connectivity index (χ2n) is 13.5. The van der Waals surface area contributed by atoms with Gasteiger partial charge in [0.2, 0.25) is 5.91 Å². The Hall–Kier alpha value is -1.44. The summed E-state index contributed by atoms with van der Waals surface area (Å²) < 4.78 is 5.21. The van der Waals surface area contributed by atoms with Crippen LogP contribution in [0.1, 0.15) is 79.1 Å². The zero-order valence-electron chi connectivity index (χ0n) is 22.7. The summed E-state index contributed by atoms with van der Waals surface area (Å²) in [5, 5.41) is 24.1. The normalized spacial score (nSPS) is 46.9. The number of nitrogens with two attached hydrogens (primary N) is 1. The van der Waals surface area contributed by atoms with E-state index in [0.29, 0.717) is 18.8 Å². The molecule has 4 saturated carbocycles. The highest BCUT2D eigenvalue weighted by molar-refractivity contribution is 5.85. The number of aliphatic hydroxyl groups is 2. The van der Waals surface area contributed by atoms with Crippen LogP contribution in [0.2, 0.25) is 0 Å². The minimum absolute atomic E-state index is 0.0315. The monoisotopic (exact) mass is 502 g/mol. The van der Waals surface area contributed by atoms with Gasteiger partial charge in [0.1, 0.15) is 6.61 Å². The molecule has 4 N–H and O–H groups in total. The highest BCUT2D eigenvalue weighted by Gasteiger charge is 2.70. The molecule has 0 aromatic carbocycles. The van der Waals surface area contributed by atoms with E-state index in [1.807, 2.05) is 25.8 Å². The molecule has 10 atom stereocenters. The Bertz CT molecular complexity index is 950. The van der Waals surface area contributed by atoms with Gasteiger partial charge < -0.3 is 25.6 Å². The number of carbonyl (C=O) groups excluding carboxylic acids is 2. The minimum Gasteiger partial charge on any atom is -0.458 e. The van der Waals surface area contributed by atoms with Crippen molar-refractivity contribution in [2.45, 2.75) is 103 Å². The Morgan fingerprint density at radius 3 is 2.50 bits per heavy atom. The van der Waals surface area contributed by atoms with E-state index in [2.05, 4.69) is 13.8 Å². The van der Waals surface area contributed by atoms with Gasteiger partial charge in [-0.1, -0.05) is 27.7 Å². The Labute approximate surface area is 215 Å². The molecule has 7 nitrogen and oxygen atoms in total. The molecule has 0 aromatic rings. The molecule has 7 heteroatoms. The zero-order valence-corrected chi connectivity index (χ0v) is 22.7. The number of ether oxygens (including phenoxy) is 1. The van der Waals surface area contributed by atoms with Gasteiger partial charge in [-0.2, -0.15) is 0 Å². The standard InChI is InChI=1S/C29H46N2O5/c1-16(2)25(30)26(34)31(5)19-8-10-27(3)18(13-19)6-7-21-22(27)14-23(32)28(4)20(9-11-29(21,28)35)17-12-24(33)36-15-17/h12,16,18-23,25,32,35H,6-11,13-15,30H2,1-5H3/t18-,19+,20-,21-,22+,23-,25+,27+,28+,29+/m1/s1. The fourth-order valence-corrected chi connectivity index (χ4v) is 9.42. The summed E-state index contributed by atoms with van der Waals surface area (Å²) in [6.45, 7) is 8.70. The summed E-state index contributed by atoms with van der Waals surface area (Å²) in [5.74, 6) is 0.656. The number of nitrogens with zero attached hydrogens (tertiary/aromatic N) is 1. The van der Waals surface area contributed by atoms with Gasteiger partial charge in [0.05, 0.1) is 17.7 Å². The van der Waals surface area contributed by atoms with E-state index in [-0.39, 0.29) is 53.6 Å². The molecule has 4 aliphatic carbocycles. The fourth-order valence-electron chi connectivity index (χ4n) is 9.42. The van der Waals surface area contributed by atoms with E-state index in [0.717, 1.165) is 44.1 Å². The molecule has 0 radical (unpaired) electrons. The van der Waals surface area contributed by atoms with Crippen LogP contribution < -0.4 is 5.73 Å². The average molecular weight is 503 g/mol. The summed E-state index contributed by atoms with van der Waals surface area (Å²) in [7, 11) is 1.91. The SMILES string of the molecule is CC(C)[C@H](N)C(=O)N(C)[C@H]1CC[C@@]2(C)[C@H](CC[C@@H]3[C@@H]2C[C@@H](O)[C@]2(C)[C@@H](C4=CC(=O)OC4)CC[C@]32O)C1. The second kappa shape index (κ2) is 8.81. The van der Waals surface area contributed by atoms with Crippen molar-refractivity contribution in [3.05, 3.63) is 11.6 Å². The first-order valence-corrected chi connectivity index (χ1v) is 14.1. The van der Waals surface area contributed by atoms with Crippen LogP contribution in [0, 0.1) is 40.4 Å². The lowest BCUT2D eigenvalue weighted by atomic mass is 9.42. The molecule has 202 valence electrons. The number of likely N-dealkylation sites (N-methyl/N-ethyl adjacent to an activating group) is 1. The molecule has 4 fully saturated rings. The maximum atomic E-state index is 13.0. The molecule has 36 heavy (non-hydrogen) atoms. The Balaban J connectivity index is 1.37. The largest absolute Gasteiger partial charge is 0.458 e. The maximum absolute atomic E-state index is 13.0. The summed E-state index contributed by atoms with van der Waals surface area (Å²) in [4.78, 5) is 26.7. The maximum Gasteiger partial charge on any atom is 0.331 e. The van der Waals surface area contributed by atoms with Gasteiger partial charge >= 0.3 is 5.97 Å². The predicted octanol–water partition coefficient (Wildman–Crippen LogP) is 3.02. The average Bonchev–Trinajstić information content (AvgIpc) is 3.38. The highest BCUT2D eigenvalue weighted by Crippen LogP contribution is 2.70. The molecule has 0 spiro atoms. The van der Waals surface area contributed by atoms with Crippen LogP contribution in [0.25, 0.3) is 0 Å².